The van der Waals surface area contributed by atoms with Crippen LogP contribution in [0.4, 0.5) is 5.82 Å². The molecule has 0 aliphatic carbocycles. The van der Waals surface area contributed by atoms with Crippen LogP contribution < -0.4 is 4.90 Å². The van der Waals surface area contributed by atoms with Crippen molar-refractivity contribution in [3.63, 3.8) is 0 Å². The normalized spacial score (nSPS) is 21.9. The second kappa shape index (κ2) is 5.48. The van der Waals surface area contributed by atoms with E-state index in [4.69, 9.17) is 11.6 Å². The summed E-state index contributed by atoms with van der Waals surface area (Å²) in [4.78, 5) is 10.7. The van der Waals surface area contributed by atoms with Crippen LogP contribution in [0.25, 0.3) is 0 Å². The van der Waals surface area contributed by atoms with E-state index in [1.165, 1.54) is 25.7 Å². The van der Waals surface area contributed by atoms with E-state index in [9.17, 15) is 0 Å². The van der Waals surface area contributed by atoms with Crippen molar-refractivity contribution < 1.29 is 0 Å². The number of nitrogens with zero attached hydrogens (tertiary/aromatic N) is 3. The summed E-state index contributed by atoms with van der Waals surface area (Å²) in [5.74, 6) is 1.79. The Morgan fingerprint density at radius 1 is 1.38 bits per heavy atom. The molecule has 0 bridgehead atoms. The first-order chi connectivity index (χ1) is 7.79. The van der Waals surface area contributed by atoms with E-state index in [1.54, 1.807) is 12.4 Å². The summed E-state index contributed by atoms with van der Waals surface area (Å²) >= 11 is 5.86. The van der Waals surface area contributed by atoms with Gasteiger partial charge in [0.05, 0.1) is 12.4 Å². The van der Waals surface area contributed by atoms with Gasteiger partial charge in [-0.05, 0) is 25.2 Å². The van der Waals surface area contributed by atoms with Crippen LogP contribution >= 0.6 is 11.6 Å². The lowest BCUT2D eigenvalue weighted by Crippen LogP contribution is -2.25. The number of rotatable bonds is 2. The quantitative estimate of drug-likeness (QED) is 0.794. The Hall–Kier alpha value is -0.830. The molecule has 1 aliphatic rings. The molecule has 0 radical (unpaired) electrons. The predicted octanol–water partition coefficient (Wildman–Crippen LogP) is 3.15. The Balaban J connectivity index is 2.04. The summed E-state index contributed by atoms with van der Waals surface area (Å²) in [5, 5.41) is 0.480. The molecule has 1 atom stereocenters. The maximum atomic E-state index is 5.86. The van der Waals surface area contributed by atoms with Crippen LogP contribution in [0.3, 0.4) is 0 Å². The molecule has 0 amide bonds. The summed E-state index contributed by atoms with van der Waals surface area (Å²) in [6.45, 7) is 4.43. The van der Waals surface area contributed by atoms with E-state index in [-0.39, 0.29) is 0 Å². The van der Waals surface area contributed by atoms with Crippen LogP contribution in [0.15, 0.2) is 12.4 Å². The first-order valence-electron chi connectivity index (χ1n) is 6.02. The minimum Gasteiger partial charge on any atom is -0.355 e. The molecule has 1 saturated heterocycles. The molecule has 0 spiro atoms. The van der Waals surface area contributed by atoms with E-state index in [0.717, 1.165) is 24.8 Å². The monoisotopic (exact) mass is 239 g/mol. The van der Waals surface area contributed by atoms with Crippen molar-refractivity contribution in [2.75, 3.05) is 18.0 Å². The van der Waals surface area contributed by atoms with E-state index in [1.807, 2.05) is 0 Å². The molecule has 1 aromatic heterocycles. The summed E-state index contributed by atoms with van der Waals surface area (Å²) < 4.78 is 0. The van der Waals surface area contributed by atoms with Gasteiger partial charge >= 0.3 is 0 Å². The number of hydrogen-bond acceptors (Lipinski definition) is 3. The van der Waals surface area contributed by atoms with Gasteiger partial charge in [0.1, 0.15) is 11.0 Å². The van der Waals surface area contributed by atoms with Crippen LogP contribution in [0, 0.1) is 5.92 Å². The third-order valence-electron chi connectivity index (χ3n) is 3.34. The fraction of sp³-hybridized carbons (Fsp3) is 0.667. The second-order valence-corrected chi connectivity index (χ2v) is 4.78. The Morgan fingerprint density at radius 2 is 2.25 bits per heavy atom. The largest absolute Gasteiger partial charge is 0.355 e. The summed E-state index contributed by atoms with van der Waals surface area (Å²) in [6.07, 6.45) is 8.50. The van der Waals surface area contributed by atoms with Crippen LogP contribution in [0.2, 0.25) is 5.15 Å². The molecule has 2 rings (SSSR count). The number of hydrogen-bond donors (Lipinski definition) is 0. The zero-order valence-corrected chi connectivity index (χ0v) is 10.5. The van der Waals surface area contributed by atoms with Gasteiger partial charge in [-0.15, -0.1) is 0 Å². The van der Waals surface area contributed by atoms with Gasteiger partial charge in [0, 0.05) is 13.1 Å². The van der Waals surface area contributed by atoms with Crippen molar-refractivity contribution in [3.8, 4) is 0 Å². The van der Waals surface area contributed by atoms with Crippen molar-refractivity contribution in [1.82, 2.24) is 9.97 Å². The molecule has 1 aliphatic heterocycles. The lowest BCUT2D eigenvalue weighted by Gasteiger charge is -2.21. The van der Waals surface area contributed by atoms with Gasteiger partial charge in [-0.25, -0.2) is 4.98 Å². The number of halogens is 1. The topological polar surface area (TPSA) is 29.0 Å². The summed E-state index contributed by atoms with van der Waals surface area (Å²) in [5.41, 5.74) is 0. The maximum absolute atomic E-state index is 5.86. The SMILES string of the molecule is CCC1CCCN(c2cncc(Cl)n2)CC1. The smallest absolute Gasteiger partial charge is 0.149 e. The third-order valence-corrected chi connectivity index (χ3v) is 3.52. The van der Waals surface area contributed by atoms with Gasteiger partial charge in [-0.2, -0.15) is 0 Å². The number of aromatic nitrogens is 2. The predicted molar refractivity (Wildman–Crippen MR) is 66.9 cm³/mol. The molecule has 3 nitrogen and oxygen atoms in total. The van der Waals surface area contributed by atoms with Gasteiger partial charge in [0.15, 0.2) is 0 Å². The van der Waals surface area contributed by atoms with Gasteiger partial charge in [-0.3, -0.25) is 4.98 Å². The molecule has 0 saturated carbocycles. The molecule has 1 aromatic rings. The fourth-order valence-corrected chi connectivity index (χ4v) is 2.43. The molecule has 88 valence electrons. The first-order valence-corrected chi connectivity index (χ1v) is 6.40. The Bertz CT molecular complexity index is 343. The molecule has 0 aromatic carbocycles. The summed E-state index contributed by atoms with van der Waals surface area (Å²) in [7, 11) is 0. The fourth-order valence-electron chi connectivity index (χ4n) is 2.29. The first kappa shape index (κ1) is 11.6. The average molecular weight is 240 g/mol. The van der Waals surface area contributed by atoms with E-state index < -0.39 is 0 Å². The van der Waals surface area contributed by atoms with E-state index in [2.05, 4.69) is 21.8 Å². The van der Waals surface area contributed by atoms with Gasteiger partial charge in [-0.1, -0.05) is 24.9 Å². The zero-order chi connectivity index (χ0) is 11.4. The maximum Gasteiger partial charge on any atom is 0.149 e. The third kappa shape index (κ3) is 2.85. The highest BCUT2D eigenvalue weighted by atomic mass is 35.5. The van der Waals surface area contributed by atoms with Gasteiger partial charge < -0.3 is 4.90 Å². The molecule has 2 heterocycles. The van der Waals surface area contributed by atoms with Crippen LogP contribution in [0.5, 0.6) is 0 Å². The Labute approximate surface area is 102 Å². The molecular weight excluding hydrogens is 222 g/mol. The molecule has 1 fully saturated rings. The number of anilines is 1. The minimum absolute atomic E-state index is 0.480. The van der Waals surface area contributed by atoms with E-state index >= 15 is 0 Å². The minimum atomic E-state index is 0.480. The Kier molecular flexibility index (Phi) is 3.99. The van der Waals surface area contributed by atoms with Gasteiger partial charge in [0.25, 0.3) is 0 Å². The second-order valence-electron chi connectivity index (χ2n) is 4.39. The standard InChI is InChI=1S/C12H18ClN3/c1-2-10-4-3-6-16(7-5-10)12-9-14-8-11(13)15-12/h8-10H,2-7H2,1H3. The van der Waals surface area contributed by atoms with Crippen LogP contribution in [0.1, 0.15) is 32.6 Å². The molecule has 16 heavy (non-hydrogen) atoms. The lowest BCUT2D eigenvalue weighted by atomic mass is 9.98. The van der Waals surface area contributed by atoms with Crippen LogP contribution in [-0.4, -0.2) is 23.1 Å². The lowest BCUT2D eigenvalue weighted by molar-refractivity contribution is 0.459. The van der Waals surface area contributed by atoms with Crippen molar-refractivity contribution in [3.05, 3.63) is 17.5 Å². The highest BCUT2D eigenvalue weighted by Crippen LogP contribution is 2.23. The van der Waals surface area contributed by atoms with Gasteiger partial charge in [0.2, 0.25) is 0 Å². The molecule has 0 N–H and O–H groups in total. The molecule has 1 unspecified atom stereocenters. The van der Waals surface area contributed by atoms with Crippen LogP contribution in [-0.2, 0) is 0 Å². The van der Waals surface area contributed by atoms with Crippen molar-refractivity contribution >= 4 is 17.4 Å². The van der Waals surface area contributed by atoms with Crippen molar-refractivity contribution in [2.24, 2.45) is 5.92 Å². The van der Waals surface area contributed by atoms with Crippen molar-refractivity contribution in [1.29, 1.82) is 0 Å². The zero-order valence-electron chi connectivity index (χ0n) is 9.69. The highest BCUT2D eigenvalue weighted by molar-refractivity contribution is 6.29. The molecular formula is C12H18ClN3. The average Bonchev–Trinajstić information content (AvgIpc) is 2.54. The van der Waals surface area contributed by atoms with Crippen molar-refractivity contribution in [2.45, 2.75) is 32.6 Å². The Morgan fingerprint density at radius 3 is 3.00 bits per heavy atom. The highest BCUT2D eigenvalue weighted by Gasteiger charge is 2.16. The summed E-state index contributed by atoms with van der Waals surface area (Å²) in [6, 6.07) is 0. The van der Waals surface area contributed by atoms with E-state index in [0.29, 0.717) is 5.15 Å². The molecule has 4 heteroatoms.